The summed E-state index contributed by atoms with van der Waals surface area (Å²) in [5.41, 5.74) is -4.62. The van der Waals surface area contributed by atoms with Gasteiger partial charge in [0.2, 0.25) is 11.9 Å². The third kappa shape index (κ3) is 5.82. The number of aliphatic carboxylic acids is 1. The Hall–Kier alpha value is -4.60. The largest absolute Gasteiger partial charge is 0.490 e. The number of fused-ring (bicyclic) bond motifs is 2. The van der Waals surface area contributed by atoms with Crippen molar-refractivity contribution in [2.24, 2.45) is 17.8 Å². The van der Waals surface area contributed by atoms with Crippen molar-refractivity contribution in [3.05, 3.63) is 59.7 Å². The second-order valence-electron chi connectivity index (χ2n) is 16.1. The average Bonchev–Trinajstić information content (AvgIpc) is 3.45. The lowest BCUT2D eigenvalue weighted by molar-refractivity contribution is -0.174. The molecule has 3 aromatic rings. The van der Waals surface area contributed by atoms with Crippen LogP contribution in [0, 0.1) is 17.8 Å². The van der Waals surface area contributed by atoms with Gasteiger partial charge in [0, 0.05) is 75.4 Å². The molecule has 1 spiro atoms. The molecule has 7 aliphatic rings. The number of nitrogens with zero attached hydrogens (tertiary/aromatic N) is 6. The number of carbonyl (C=O) groups is 2. The maximum absolute atomic E-state index is 15.5. The van der Waals surface area contributed by atoms with Gasteiger partial charge in [-0.1, -0.05) is 0 Å². The molecule has 1 amide bonds. The van der Waals surface area contributed by atoms with E-state index in [4.69, 9.17) is 9.47 Å². The molecule has 2 saturated heterocycles. The predicted molar refractivity (Wildman–Crippen MR) is 185 cm³/mol. The average molecular weight is 752 g/mol. The molecule has 4 aliphatic carbocycles. The lowest BCUT2D eigenvalue weighted by Crippen LogP contribution is -2.72. The third-order valence-electron chi connectivity index (χ3n) is 12.9. The van der Waals surface area contributed by atoms with E-state index in [-0.39, 0.29) is 30.8 Å². The Morgan fingerprint density at radius 3 is 2.33 bits per heavy atom. The Morgan fingerprint density at radius 2 is 1.69 bits per heavy atom. The summed E-state index contributed by atoms with van der Waals surface area (Å²) >= 11 is 0. The van der Waals surface area contributed by atoms with E-state index in [1.54, 1.807) is 29.4 Å². The van der Waals surface area contributed by atoms with Gasteiger partial charge in [-0.15, -0.1) is 0 Å². The van der Waals surface area contributed by atoms with Crippen molar-refractivity contribution in [1.29, 1.82) is 0 Å². The second-order valence-corrected chi connectivity index (χ2v) is 16.1. The quantitative estimate of drug-likeness (QED) is 0.290. The Kier molecular flexibility index (Phi) is 8.28. The molecule has 10 rings (SSSR count). The smallest absolute Gasteiger partial charge is 0.434 e. The van der Waals surface area contributed by atoms with Crippen LogP contribution in [0.2, 0.25) is 0 Å². The molecular formula is C38H41F4N7O5. The predicted octanol–water partition coefficient (Wildman–Crippen LogP) is 5.63. The van der Waals surface area contributed by atoms with E-state index in [1.165, 1.54) is 0 Å². The van der Waals surface area contributed by atoms with Crippen molar-refractivity contribution >= 4 is 29.5 Å². The molecule has 16 heteroatoms. The first-order chi connectivity index (χ1) is 25.9. The molecule has 286 valence electrons. The van der Waals surface area contributed by atoms with Crippen LogP contribution in [-0.2, 0) is 21.1 Å². The van der Waals surface area contributed by atoms with Gasteiger partial charge in [0.05, 0.1) is 5.56 Å². The number of ether oxygens (including phenoxy) is 2. The van der Waals surface area contributed by atoms with Crippen LogP contribution in [0.15, 0.2) is 42.9 Å². The number of amides is 1. The van der Waals surface area contributed by atoms with Gasteiger partial charge in [-0.3, -0.25) is 4.79 Å². The summed E-state index contributed by atoms with van der Waals surface area (Å²) < 4.78 is 72.0. The van der Waals surface area contributed by atoms with Crippen molar-refractivity contribution in [2.75, 3.05) is 42.6 Å². The minimum Gasteiger partial charge on any atom is -0.490 e. The number of rotatable bonds is 7. The number of aromatic nitrogens is 4. The lowest BCUT2D eigenvalue weighted by Gasteiger charge is -2.61. The van der Waals surface area contributed by atoms with E-state index in [0.717, 1.165) is 37.7 Å². The molecule has 1 aromatic carbocycles. The second kappa shape index (κ2) is 12.7. The molecule has 2 atom stereocenters. The lowest BCUT2D eigenvalue weighted by atomic mass is 9.47. The summed E-state index contributed by atoms with van der Waals surface area (Å²) in [6.07, 6.45) is 2.99. The van der Waals surface area contributed by atoms with Gasteiger partial charge in [0.1, 0.15) is 23.1 Å². The first kappa shape index (κ1) is 35.1. The fourth-order valence-corrected chi connectivity index (χ4v) is 10.6. The van der Waals surface area contributed by atoms with Gasteiger partial charge >= 0.3 is 12.1 Å². The standard InChI is InChI=1S/C38H41F4N7O5/c39-36-17-22-14-23(18-36)37(32(51)52,24(15-22)19-36)47-31(50)27-20-45-34(46-30(27)38(40,41)42)49-21-35(6-12-53-13-7-35)28-16-26(2-3-29(28)49)54-25-4-10-48(11-5-25)33-43-8-1-9-44-33/h1-3,8-9,16,20,22-25H,4-7,10-15,17-19,21H2,(H,47,50)(H,51,52)/t22?,23-,24-,36?,37?/m0/s1. The highest BCUT2D eigenvalue weighted by atomic mass is 19.4. The summed E-state index contributed by atoms with van der Waals surface area (Å²) in [6.45, 7) is 2.72. The fourth-order valence-electron chi connectivity index (χ4n) is 10.6. The van der Waals surface area contributed by atoms with E-state index in [1.807, 2.05) is 12.1 Å². The van der Waals surface area contributed by atoms with Gasteiger partial charge in [0.25, 0.3) is 5.91 Å². The minimum absolute atomic E-state index is 0.0103. The Bertz CT molecular complexity index is 1940. The number of anilines is 3. The number of alkyl halides is 4. The molecule has 6 fully saturated rings. The number of nitrogens with one attached hydrogen (secondary N) is 1. The Balaban J connectivity index is 0.990. The van der Waals surface area contributed by atoms with Crippen molar-refractivity contribution in [3.8, 4) is 5.75 Å². The zero-order valence-corrected chi connectivity index (χ0v) is 29.5. The highest BCUT2D eigenvalue weighted by Crippen LogP contribution is 2.61. The van der Waals surface area contributed by atoms with Crippen LogP contribution >= 0.6 is 0 Å². The Labute approximate surface area is 308 Å². The summed E-state index contributed by atoms with van der Waals surface area (Å²) in [6, 6.07) is 7.37. The number of carboxylic acid groups (broad SMARTS) is 1. The Morgan fingerprint density at radius 1 is 0.981 bits per heavy atom. The number of carboxylic acids is 1. The zero-order valence-electron chi connectivity index (χ0n) is 29.5. The van der Waals surface area contributed by atoms with Gasteiger partial charge in [-0.2, -0.15) is 13.2 Å². The number of halogens is 4. The molecule has 0 unspecified atom stereocenters. The van der Waals surface area contributed by atoms with Crippen LogP contribution in [0.5, 0.6) is 5.75 Å². The van der Waals surface area contributed by atoms with Crippen molar-refractivity contribution in [3.63, 3.8) is 0 Å². The maximum Gasteiger partial charge on any atom is 0.434 e. The van der Waals surface area contributed by atoms with Crippen LogP contribution in [0.25, 0.3) is 0 Å². The molecule has 5 heterocycles. The van der Waals surface area contributed by atoms with Gasteiger partial charge in [0.15, 0.2) is 5.69 Å². The van der Waals surface area contributed by atoms with Crippen LogP contribution in [-0.4, -0.2) is 87.1 Å². The van der Waals surface area contributed by atoms with E-state index < -0.39 is 57.8 Å². The first-order valence-corrected chi connectivity index (χ1v) is 18.7. The van der Waals surface area contributed by atoms with E-state index in [2.05, 4.69) is 30.2 Å². The first-order valence-electron chi connectivity index (χ1n) is 18.7. The molecule has 2 aromatic heterocycles. The number of hydrogen-bond acceptors (Lipinski definition) is 10. The number of hydrogen-bond donors (Lipinski definition) is 2. The molecule has 2 N–H and O–H groups in total. The van der Waals surface area contributed by atoms with Crippen LogP contribution < -0.4 is 19.9 Å². The topological polar surface area (TPSA) is 143 Å². The monoisotopic (exact) mass is 751 g/mol. The maximum atomic E-state index is 15.5. The van der Waals surface area contributed by atoms with Gasteiger partial charge in [-0.25, -0.2) is 29.1 Å². The van der Waals surface area contributed by atoms with E-state index in [9.17, 15) is 27.9 Å². The molecule has 12 nitrogen and oxygen atoms in total. The van der Waals surface area contributed by atoms with E-state index in [0.29, 0.717) is 69.2 Å². The number of carbonyl (C=O) groups excluding carboxylic acids is 1. The molecule has 0 radical (unpaired) electrons. The van der Waals surface area contributed by atoms with Crippen LogP contribution in [0.4, 0.5) is 35.1 Å². The van der Waals surface area contributed by atoms with Crippen molar-refractivity contribution in [2.45, 2.75) is 86.7 Å². The summed E-state index contributed by atoms with van der Waals surface area (Å²) in [5.74, 6) is -2.94. The van der Waals surface area contributed by atoms with E-state index >= 15 is 4.39 Å². The fraction of sp³-hybridized carbons (Fsp3) is 0.579. The molecule has 54 heavy (non-hydrogen) atoms. The normalized spacial score (nSPS) is 30.0. The number of piperidine rings is 1. The van der Waals surface area contributed by atoms with Gasteiger partial charge in [-0.05, 0) is 92.5 Å². The summed E-state index contributed by atoms with van der Waals surface area (Å²) in [5, 5.41) is 12.9. The minimum atomic E-state index is -5.06. The summed E-state index contributed by atoms with van der Waals surface area (Å²) in [4.78, 5) is 47.4. The van der Waals surface area contributed by atoms with Crippen LogP contribution in [0.3, 0.4) is 0 Å². The highest BCUT2D eigenvalue weighted by Gasteiger charge is 2.67. The molecule has 3 aliphatic heterocycles. The molecule has 4 saturated carbocycles. The SMILES string of the molecule is O=C(NC1(C(=O)O)[C@H]2CC3C[C@H]1CC(F)(C3)C2)c1cnc(N2CC3(CCOCC3)c3cc(OC4CCN(c5ncccn5)CC4)ccc32)nc1C(F)(F)F. The third-order valence-corrected chi connectivity index (χ3v) is 12.9. The molecule has 4 bridgehead atoms. The molecular weight excluding hydrogens is 710 g/mol. The van der Waals surface area contributed by atoms with Gasteiger partial charge < -0.3 is 29.7 Å². The zero-order chi connectivity index (χ0) is 37.5. The number of benzene rings is 1. The van der Waals surface area contributed by atoms with Crippen LogP contribution in [0.1, 0.15) is 79.4 Å². The van der Waals surface area contributed by atoms with Crippen molar-refractivity contribution in [1.82, 2.24) is 25.3 Å². The summed E-state index contributed by atoms with van der Waals surface area (Å²) in [7, 11) is 0. The van der Waals surface area contributed by atoms with Crippen molar-refractivity contribution < 1.29 is 41.7 Å². The highest BCUT2D eigenvalue weighted by molar-refractivity contribution is 5.99.